The van der Waals surface area contributed by atoms with E-state index in [1.807, 2.05) is 0 Å². The molecular formula is C22H32N2. The fraction of sp³-hybridized carbons (Fsp3) is 0.545. The lowest BCUT2D eigenvalue weighted by molar-refractivity contribution is 0.327. The number of anilines is 1. The van der Waals surface area contributed by atoms with Crippen LogP contribution in [0.15, 0.2) is 35.1 Å². The molecule has 0 N–H and O–H groups in total. The molecule has 1 aromatic rings. The number of nitrogens with zero attached hydrogens (tertiary/aromatic N) is 2. The van der Waals surface area contributed by atoms with Gasteiger partial charge in [0.2, 0.25) is 0 Å². The van der Waals surface area contributed by atoms with E-state index in [0.29, 0.717) is 11.8 Å². The molecule has 1 saturated heterocycles. The molecule has 2 atom stereocenters. The number of hydrogen-bond acceptors (Lipinski definition) is 2. The van der Waals surface area contributed by atoms with Gasteiger partial charge < -0.3 is 9.80 Å². The van der Waals surface area contributed by atoms with Gasteiger partial charge in [-0.2, -0.15) is 0 Å². The predicted molar refractivity (Wildman–Crippen MR) is 104 cm³/mol. The van der Waals surface area contributed by atoms with Gasteiger partial charge in [-0.25, -0.2) is 0 Å². The maximum absolute atomic E-state index is 2.61. The van der Waals surface area contributed by atoms with E-state index >= 15 is 0 Å². The Kier molecular flexibility index (Phi) is 4.50. The summed E-state index contributed by atoms with van der Waals surface area (Å²) in [5.74, 6) is 1.25. The third-order valence-corrected chi connectivity index (χ3v) is 6.02. The highest BCUT2D eigenvalue weighted by atomic mass is 15.4. The highest BCUT2D eigenvalue weighted by molar-refractivity contribution is 5.61. The lowest BCUT2D eigenvalue weighted by atomic mass is 9.80. The fourth-order valence-electron chi connectivity index (χ4n) is 4.71. The van der Waals surface area contributed by atoms with E-state index in [1.54, 1.807) is 5.70 Å². The van der Waals surface area contributed by atoms with Crippen LogP contribution in [0.1, 0.15) is 44.4 Å². The molecule has 130 valence electrons. The van der Waals surface area contributed by atoms with Crippen LogP contribution < -0.4 is 4.90 Å². The second-order valence-corrected chi connectivity index (χ2v) is 7.95. The molecule has 0 spiro atoms. The summed E-state index contributed by atoms with van der Waals surface area (Å²) < 4.78 is 0. The van der Waals surface area contributed by atoms with Crippen LogP contribution in [0, 0.1) is 32.6 Å². The molecule has 2 aliphatic rings. The van der Waals surface area contributed by atoms with Crippen LogP contribution in [-0.4, -0.2) is 24.7 Å². The Morgan fingerprint density at radius 1 is 0.833 bits per heavy atom. The summed E-state index contributed by atoms with van der Waals surface area (Å²) >= 11 is 0. The topological polar surface area (TPSA) is 6.48 Å². The third-order valence-electron chi connectivity index (χ3n) is 6.02. The second kappa shape index (κ2) is 6.31. The Hall–Kier alpha value is -1.70. The molecule has 1 fully saturated rings. The summed E-state index contributed by atoms with van der Waals surface area (Å²) in [6, 6.07) is 4.62. The van der Waals surface area contributed by atoms with Crippen molar-refractivity contribution >= 4 is 5.69 Å². The summed E-state index contributed by atoms with van der Waals surface area (Å²) in [6.07, 6.45) is 2.39. The Morgan fingerprint density at radius 3 is 2.04 bits per heavy atom. The average molecular weight is 325 g/mol. The van der Waals surface area contributed by atoms with Crippen LogP contribution in [0.25, 0.3) is 0 Å². The molecule has 2 unspecified atom stereocenters. The molecule has 2 heteroatoms. The first-order valence-corrected chi connectivity index (χ1v) is 9.26. The minimum Gasteiger partial charge on any atom is -0.355 e. The largest absolute Gasteiger partial charge is 0.355 e. The highest BCUT2D eigenvalue weighted by Gasteiger charge is 2.31. The van der Waals surface area contributed by atoms with Gasteiger partial charge in [0.15, 0.2) is 0 Å². The van der Waals surface area contributed by atoms with Crippen molar-refractivity contribution in [2.75, 3.05) is 24.7 Å². The summed E-state index contributed by atoms with van der Waals surface area (Å²) in [7, 11) is 0. The lowest BCUT2D eigenvalue weighted by Gasteiger charge is -2.36. The fourth-order valence-corrected chi connectivity index (χ4v) is 4.71. The van der Waals surface area contributed by atoms with Gasteiger partial charge in [0.05, 0.1) is 6.67 Å². The van der Waals surface area contributed by atoms with Crippen molar-refractivity contribution in [2.24, 2.45) is 11.8 Å². The van der Waals surface area contributed by atoms with Crippen LogP contribution in [0.3, 0.4) is 0 Å². The van der Waals surface area contributed by atoms with Gasteiger partial charge in [0.25, 0.3) is 0 Å². The minimum absolute atomic E-state index is 0.607. The van der Waals surface area contributed by atoms with E-state index in [0.717, 1.165) is 19.8 Å². The number of aryl methyl sites for hydroxylation is 3. The van der Waals surface area contributed by atoms with Gasteiger partial charge in [0.1, 0.15) is 0 Å². The molecule has 1 aromatic carbocycles. The standard InChI is InChI=1S/C22H32N2/c1-14-10-16(3)21(17(4)11-14)23-8-9-24(13-23)22-18(5)12-15(2)19(6)20(22)7/h10-12,19-20H,8-9,13H2,1-7H3. The predicted octanol–water partition coefficient (Wildman–Crippen LogP) is 5.20. The van der Waals surface area contributed by atoms with Gasteiger partial charge in [-0.05, 0) is 57.2 Å². The first-order valence-electron chi connectivity index (χ1n) is 9.26. The van der Waals surface area contributed by atoms with Crippen molar-refractivity contribution in [3.05, 3.63) is 51.7 Å². The second-order valence-electron chi connectivity index (χ2n) is 7.95. The van der Waals surface area contributed by atoms with Gasteiger partial charge in [-0.15, -0.1) is 0 Å². The first kappa shape index (κ1) is 17.1. The van der Waals surface area contributed by atoms with Crippen molar-refractivity contribution < 1.29 is 0 Å². The van der Waals surface area contributed by atoms with E-state index in [2.05, 4.69) is 76.5 Å². The van der Waals surface area contributed by atoms with Gasteiger partial charge in [-0.1, -0.05) is 43.2 Å². The van der Waals surface area contributed by atoms with E-state index in [4.69, 9.17) is 0 Å². The van der Waals surface area contributed by atoms with Gasteiger partial charge in [-0.3, -0.25) is 0 Å². The van der Waals surface area contributed by atoms with Crippen molar-refractivity contribution in [1.82, 2.24) is 4.90 Å². The van der Waals surface area contributed by atoms with E-state index in [9.17, 15) is 0 Å². The molecule has 1 heterocycles. The molecule has 3 rings (SSSR count). The SMILES string of the molecule is CC1=CC(C)=C(N2CCN(c3c(C)cc(C)cc3C)C2)C(C)C1C. The number of hydrogen-bond donors (Lipinski definition) is 0. The molecule has 0 saturated carbocycles. The quantitative estimate of drug-likeness (QED) is 0.738. The molecule has 0 bridgehead atoms. The van der Waals surface area contributed by atoms with Crippen LogP contribution in [-0.2, 0) is 0 Å². The number of rotatable bonds is 2. The molecule has 2 nitrogen and oxygen atoms in total. The van der Waals surface area contributed by atoms with Crippen LogP contribution in [0.4, 0.5) is 5.69 Å². The normalized spacial score (nSPS) is 24.7. The monoisotopic (exact) mass is 324 g/mol. The lowest BCUT2D eigenvalue weighted by Crippen LogP contribution is -2.32. The number of allylic oxidation sites excluding steroid dienone is 4. The Balaban J connectivity index is 1.88. The van der Waals surface area contributed by atoms with E-state index in [1.165, 1.54) is 33.5 Å². The smallest absolute Gasteiger partial charge is 0.0902 e. The Morgan fingerprint density at radius 2 is 1.42 bits per heavy atom. The molecule has 24 heavy (non-hydrogen) atoms. The molecule has 1 aliphatic heterocycles. The summed E-state index contributed by atoms with van der Waals surface area (Å²) in [5, 5.41) is 0. The van der Waals surface area contributed by atoms with E-state index < -0.39 is 0 Å². The first-order chi connectivity index (χ1) is 11.3. The summed E-state index contributed by atoms with van der Waals surface area (Å²) in [5.41, 5.74) is 10.1. The highest BCUT2D eigenvalue weighted by Crippen LogP contribution is 2.38. The van der Waals surface area contributed by atoms with Crippen LogP contribution >= 0.6 is 0 Å². The average Bonchev–Trinajstić information content (AvgIpc) is 2.93. The van der Waals surface area contributed by atoms with Gasteiger partial charge >= 0.3 is 0 Å². The zero-order valence-corrected chi connectivity index (χ0v) is 16.4. The third kappa shape index (κ3) is 2.87. The maximum Gasteiger partial charge on any atom is 0.0902 e. The van der Waals surface area contributed by atoms with Crippen molar-refractivity contribution in [1.29, 1.82) is 0 Å². The zero-order chi connectivity index (χ0) is 17.6. The van der Waals surface area contributed by atoms with Crippen molar-refractivity contribution in [2.45, 2.75) is 48.5 Å². The molecule has 0 radical (unpaired) electrons. The van der Waals surface area contributed by atoms with Crippen LogP contribution in [0.5, 0.6) is 0 Å². The molecule has 0 aromatic heterocycles. The van der Waals surface area contributed by atoms with Gasteiger partial charge in [0, 0.05) is 30.4 Å². The summed E-state index contributed by atoms with van der Waals surface area (Å²) in [6.45, 7) is 19.3. The minimum atomic E-state index is 0.607. The summed E-state index contributed by atoms with van der Waals surface area (Å²) in [4.78, 5) is 5.17. The number of benzene rings is 1. The van der Waals surface area contributed by atoms with Crippen LogP contribution in [0.2, 0.25) is 0 Å². The maximum atomic E-state index is 2.61. The Labute approximate surface area is 147 Å². The molecule has 1 aliphatic carbocycles. The van der Waals surface area contributed by atoms with E-state index in [-0.39, 0.29) is 0 Å². The Bertz CT molecular complexity index is 688. The van der Waals surface area contributed by atoms with Crippen molar-refractivity contribution in [3.8, 4) is 0 Å². The molecular weight excluding hydrogens is 292 g/mol. The van der Waals surface area contributed by atoms with Crippen molar-refractivity contribution in [3.63, 3.8) is 0 Å². The zero-order valence-electron chi connectivity index (χ0n) is 16.4. The molecule has 0 amide bonds.